The van der Waals surface area contributed by atoms with Gasteiger partial charge in [0.15, 0.2) is 0 Å². The van der Waals surface area contributed by atoms with Crippen molar-refractivity contribution < 1.29 is 13.2 Å². The van der Waals surface area contributed by atoms with Crippen molar-refractivity contribution >= 4 is 34.6 Å². The lowest BCUT2D eigenvalue weighted by molar-refractivity contribution is 0.553. The predicted molar refractivity (Wildman–Crippen MR) is 82.9 cm³/mol. The zero-order valence-electron chi connectivity index (χ0n) is 11.3. The van der Waals surface area contributed by atoms with Gasteiger partial charge in [0.1, 0.15) is 17.5 Å². The summed E-state index contributed by atoms with van der Waals surface area (Å²) < 4.78 is 41.1. The maximum Gasteiger partial charge on any atom is 0.412 e. The van der Waals surface area contributed by atoms with Gasteiger partial charge in [0.05, 0.1) is 0 Å². The summed E-state index contributed by atoms with van der Waals surface area (Å²) in [7, 11) is 0. The first-order valence-corrected chi connectivity index (χ1v) is 6.83. The van der Waals surface area contributed by atoms with Crippen LogP contribution < -0.4 is 15.9 Å². The van der Waals surface area contributed by atoms with Gasteiger partial charge in [-0.2, -0.15) is 0 Å². The fourth-order valence-electron chi connectivity index (χ4n) is 2.90. The van der Waals surface area contributed by atoms with E-state index in [0.29, 0.717) is 12.1 Å². The van der Waals surface area contributed by atoms with Gasteiger partial charge in [0.25, 0.3) is 0 Å². The zero-order chi connectivity index (χ0) is 15.3. The summed E-state index contributed by atoms with van der Waals surface area (Å²) in [6.45, 7) is -0.805. The van der Waals surface area contributed by atoms with E-state index in [-0.39, 0.29) is 5.46 Å². The monoisotopic (exact) mass is 298 g/mol. The summed E-state index contributed by atoms with van der Waals surface area (Å²) in [6.07, 6.45) is 0. The SMILES string of the molecule is Fc1cc(F)c(B2Nc3cccc4cccc(c34)N2)c(F)c1. The molecule has 0 bridgehead atoms. The molecule has 6 heteroatoms. The number of nitrogens with one attached hydrogen (secondary N) is 2. The summed E-state index contributed by atoms with van der Waals surface area (Å²) in [5.74, 6) is -2.78. The number of halogens is 3. The highest BCUT2D eigenvalue weighted by molar-refractivity contribution is 6.80. The lowest BCUT2D eigenvalue weighted by Gasteiger charge is -2.27. The predicted octanol–water partition coefficient (Wildman–Crippen LogP) is 3.49. The van der Waals surface area contributed by atoms with E-state index >= 15 is 0 Å². The fourth-order valence-corrected chi connectivity index (χ4v) is 2.90. The average Bonchev–Trinajstić information content (AvgIpc) is 2.46. The molecule has 0 unspecified atom stereocenters. The lowest BCUT2D eigenvalue weighted by atomic mass is 9.65. The highest BCUT2D eigenvalue weighted by Gasteiger charge is 2.31. The molecule has 1 heterocycles. The minimum absolute atomic E-state index is 0.229. The molecule has 108 valence electrons. The van der Waals surface area contributed by atoms with E-state index in [1.165, 1.54) is 0 Å². The van der Waals surface area contributed by atoms with E-state index < -0.39 is 24.4 Å². The molecule has 0 amide bonds. The molecule has 2 N–H and O–H groups in total. The van der Waals surface area contributed by atoms with Crippen molar-refractivity contribution in [2.24, 2.45) is 0 Å². The summed E-state index contributed by atoms with van der Waals surface area (Å²) in [5.41, 5.74) is 1.33. The van der Waals surface area contributed by atoms with E-state index in [9.17, 15) is 13.2 Å². The van der Waals surface area contributed by atoms with Gasteiger partial charge >= 0.3 is 6.98 Å². The largest absolute Gasteiger partial charge is 0.412 e. The molecule has 0 saturated heterocycles. The topological polar surface area (TPSA) is 24.1 Å². The van der Waals surface area contributed by atoms with E-state index in [1.54, 1.807) is 0 Å². The second-order valence-corrected chi connectivity index (χ2v) is 5.21. The third kappa shape index (κ3) is 1.91. The highest BCUT2D eigenvalue weighted by Crippen LogP contribution is 2.33. The number of rotatable bonds is 1. The van der Waals surface area contributed by atoms with Crippen molar-refractivity contribution in [1.29, 1.82) is 0 Å². The molecular weight excluding hydrogens is 288 g/mol. The van der Waals surface area contributed by atoms with Crippen molar-refractivity contribution in [3.8, 4) is 0 Å². The second kappa shape index (κ2) is 4.69. The van der Waals surface area contributed by atoms with Crippen LogP contribution in [-0.2, 0) is 0 Å². The van der Waals surface area contributed by atoms with E-state index in [0.717, 1.165) is 22.1 Å². The molecule has 2 nitrogen and oxygen atoms in total. The van der Waals surface area contributed by atoms with Crippen LogP contribution >= 0.6 is 0 Å². The second-order valence-electron chi connectivity index (χ2n) is 5.21. The first kappa shape index (κ1) is 13.1. The Labute approximate surface area is 125 Å². The molecular formula is C16H10BF3N2. The smallest absolute Gasteiger partial charge is 0.405 e. The molecule has 0 radical (unpaired) electrons. The third-order valence-corrected chi connectivity index (χ3v) is 3.84. The van der Waals surface area contributed by atoms with Crippen molar-refractivity contribution in [3.05, 3.63) is 66.0 Å². The van der Waals surface area contributed by atoms with Gasteiger partial charge in [-0.05, 0) is 17.5 Å². The Morgan fingerprint density at radius 1 is 0.773 bits per heavy atom. The zero-order valence-corrected chi connectivity index (χ0v) is 11.3. The van der Waals surface area contributed by atoms with Crippen LogP contribution in [0.15, 0.2) is 48.5 Å². The van der Waals surface area contributed by atoms with E-state index in [4.69, 9.17) is 0 Å². The number of hydrogen-bond acceptors (Lipinski definition) is 2. The Balaban J connectivity index is 1.86. The van der Waals surface area contributed by atoms with Gasteiger partial charge in [-0.25, -0.2) is 13.2 Å². The molecule has 0 fully saturated rings. The molecule has 4 rings (SSSR count). The standard InChI is InChI=1S/C16H10BF3N2/c18-10-7-11(19)16(12(20)8-10)17-21-13-5-1-3-9-4-2-6-14(22-17)15(9)13/h1-8,21-22H. The Hall–Kier alpha value is -2.63. The van der Waals surface area contributed by atoms with Crippen molar-refractivity contribution in [3.63, 3.8) is 0 Å². The molecule has 0 saturated carbocycles. The molecule has 1 aliphatic heterocycles. The number of anilines is 2. The molecule has 3 aromatic carbocycles. The van der Waals surface area contributed by atoms with Crippen LogP contribution in [0.3, 0.4) is 0 Å². The summed E-state index contributed by atoms with van der Waals surface area (Å²) in [6, 6.07) is 12.7. The fraction of sp³-hybridized carbons (Fsp3) is 0. The van der Waals surface area contributed by atoms with Crippen molar-refractivity contribution in [1.82, 2.24) is 0 Å². The Kier molecular flexibility index (Phi) is 2.79. The van der Waals surface area contributed by atoms with E-state index in [2.05, 4.69) is 10.5 Å². The van der Waals surface area contributed by atoms with Crippen LogP contribution in [0.4, 0.5) is 24.5 Å². The molecule has 3 aromatic rings. The van der Waals surface area contributed by atoms with Crippen LogP contribution in [0.5, 0.6) is 0 Å². The summed E-state index contributed by atoms with van der Waals surface area (Å²) in [4.78, 5) is 0. The first-order chi connectivity index (χ1) is 10.6. The summed E-state index contributed by atoms with van der Waals surface area (Å²) >= 11 is 0. The molecule has 0 aliphatic carbocycles. The van der Waals surface area contributed by atoms with Gasteiger partial charge in [-0.3, -0.25) is 0 Å². The van der Waals surface area contributed by atoms with Crippen molar-refractivity contribution in [2.45, 2.75) is 0 Å². The molecule has 0 atom stereocenters. The van der Waals surface area contributed by atoms with Crippen LogP contribution in [0.1, 0.15) is 0 Å². The Morgan fingerprint density at radius 2 is 1.32 bits per heavy atom. The number of hydrogen-bond donors (Lipinski definition) is 2. The minimum atomic E-state index is -0.933. The van der Waals surface area contributed by atoms with Gasteiger partial charge in [-0.15, -0.1) is 0 Å². The van der Waals surface area contributed by atoms with Crippen LogP contribution in [-0.4, -0.2) is 6.98 Å². The van der Waals surface area contributed by atoms with Crippen LogP contribution in [0, 0.1) is 17.5 Å². The minimum Gasteiger partial charge on any atom is -0.405 e. The maximum atomic E-state index is 14.0. The highest BCUT2D eigenvalue weighted by atomic mass is 19.1. The van der Waals surface area contributed by atoms with Crippen LogP contribution in [0.25, 0.3) is 10.8 Å². The lowest BCUT2D eigenvalue weighted by Crippen LogP contribution is -2.50. The Morgan fingerprint density at radius 3 is 1.86 bits per heavy atom. The molecule has 0 spiro atoms. The summed E-state index contributed by atoms with van der Waals surface area (Å²) in [5, 5.41) is 8.11. The van der Waals surface area contributed by atoms with Gasteiger partial charge < -0.3 is 10.5 Å². The Bertz CT molecular complexity index is 834. The van der Waals surface area contributed by atoms with Crippen molar-refractivity contribution in [2.75, 3.05) is 10.5 Å². The normalized spacial score (nSPS) is 13.0. The van der Waals surface area contributed by atoms with Gasteiger partial charge in [-0.1, -0.05) is 24.3 Å². The molecule has 22 heavy (non-hydrogen) atoms. The molecule has 0 aromatic heterocycles. The molecule has 1 aliphatic rings. The van der Waals surface area contributed by atoms with Gasteiger partial charge in [0.2, 0.25) is 0 Å². The quantitative estimate of drug-likeness (QED) is 0.672. The average molecular weight is 298 g/mol. The van der Waals surface area contributed by atoms with E-state index in [1.807, 2.05) is 36.4 Å². The number of benzene rings is 3. The van der Waals surface area contributed by atoms with Crippen LogP contribution in [0.2, 0.25) is 0 Å². The first-order valence-electron chi connectivity index (χ1n) is 6.83. The maximum absolute atomic E-state index is 14.0. The van der Waals surface area contributed by atoms with Gasteiger partial charge in [0, 0.05) is 34.4 Å². The third-order valence-electron chi connectivity index (χ3n) is 3.84.